The van der Waals surface area contributed by atoms with E-state index in [1.54, 1.807) is 0 Å². The lowest BCUT2D eigenvalue weighted by atomic mass is 9.87. The van der Waals surface area contributed by atoms with Gasteiger partial charge in [-0.05, 0) is 31.1 Å². The molecule has 0 aliphatic heterocycles. The molecule has 0 saturated heterocycles. The van der Waals surface area contributed by atoms with Crippen LogP contribution >= 0.6 is 0 Å². The third-order valence-electron chi connectivity index (χ3n) is 3.48. The minimum atomic E-state index is -0.0488. The van der Waals surface area contributed by atoms with Crippen molar-refractivity contribution in [3.05, 3.63) is 12.2 Å². The fraction of sp³-hybridized carbons (Fsp3) is 0.842. The van der Waals surface area contributed by atoms with Gasteiger partial charge in [0.1, 0.15) is 0 Å². The Bertz CT molecular complexity index is 356. The molecule has 0 aliphatic rings. The van der Waals surface area contributed by atoms with Gasteiger partial charge >= 0.3 is 0 Å². The van der Waals surface area contributed by atoms with Crippen LogP contribution < -0.4 is 5.32 Å². The summed E-state index contributed by atoms with van der Waals surface area (Å²) in [5.41, 5.74) is 1.25. The SMILES string of the molecule is C=C(C)CC(C)(C)COCC(C)(C)CNC(=O)CCC(C)C. The Kier molecular flexibility index (Phi) is 8.99. The molecule has 0 aliphatic carbocycles. The maximum atomic E-state index is 11.8. The smallest absolute Gasteiger partial charge is 0.220 e. The van der Waals surface area contributed by atoms with Crippen LogP contribution in [0, 0.1) is 16.7 Å². The Labute approximate surface area is 137 Å². The molecular weight excluding hydrogens is 274 g/mol. The fourth-order valence-corrected chi connectivity index (χ4v) is 2.37. The maximum Gasteiger partial charge on any atom is 0.220 e. The van der Waals surface area contributed by atoms with Crippen LogP contribution in [-0.2, 0) is 9.53 Å². The van der Waals surface area contributed by atoms with Crippen molar-refractivity contribution in [2.45, 2.75) is 67.7 Å². The molecule has 3 heteroatoms. The lowest BCUT2D eigenvalue weighted by Gasteiger charge is -2.29. The number of carbonyl (C=O) groups excluding carboxylic acids is 1. The number of hydrogen-bond acceptors (Lipinski definition) is 2. The fourth-order valence-electron chi connectivity index (χ4n) is 2.37. The molecule has 0 heterocycles. The van der Waals surface area contributed by atoms with Crippen molar-refractivity contribution in [1.82, 2.24) is 5.32 Å². The van der Waals surface area contributed by atoms with Gasteiger partial charge in [0.15, 0.2) is 0 Å². The van der Waals surface area contributed by atoms with Crippen molar-refractivity contribution in [3.63, 3.8) is 0 Å². The largest absolute Gasteiger partial charge is 0.380 e. The van der Waals surface area contributed by atoms with Gasteiger partial charge in [-0.25, -0.2) is 0 Å². The van der Waals surface area contributed by atoms with Gasteiger partial charge in [0.05, 0.1) is 13.2 Å². The van der Waals surface area contributed by atoms with Crippen LogP contribution in [0.1, 0.15) is 67.7 Å². The average molecular weight is 312 g/mol. The zero-order valence-electron chi connectivity index (χ0n) is 15.8. The van der Waals surface area contributed by atoms with Crippen molar-refractivity contribution < 1.29 is 9.53 Å². The number of amides is 1. The number of hydrogen-bond donors (Lipinski definition) is 1. The lowest BCUT2D eigenvalue weighted by molar-refractivity contribution is -0.122. The van der Waals surface area contributed by atoms with Crippen LogP contribution in [0.4, 0.5) is 0 Å². The van der Waals surface area contributed by atoms with E-state index in [0.29, 0.717) is 32.1 Å². The normalized spacial score (nSPS) is 12.5. The van der Waals surface area contributed by atoms with Crippen molar-refractivity contribution in [2.24, 2.45) is 16.7 Å². The predicted molar refractivity (Wildman–Crippen MR) is 94.9 cm³/mol. The average Bonchev–Trinajstić information content (AvgIpc) is 2.31. The molecule has 0 rings (SSSR count). The zero-order valence-corrected chi connectivity index (χ0v) is 15.8. The summed E-state index contributed by atoms with van der Waals surface area (Å²) in [6.07, 6.45) is 2.53. The summed E-state index contributed by atoms with van der Waals surface area (Å²) in [5, 5.41) is 3.03. The molecule has 1 amide bonds. The first-order valence-corrected chi connectivity index (χ1v) is 8.42. The third kappa shape index (κ3) is 11.8. The Hall–Kier alpha value is -0.830. The first kappa shape index (κ1) is 21.2. The van der Waals surface area contributed by atoms with E-state index < -0.39 is 0 Å². The number of nitrogens with one attached hydrogen (secondary N) is 1. The van der Waals surface area contributed by atoms with Crippen LogP contribution in [0.3, 0.4) is 0 Å². The van der Waals surface area contributed by atoms with E-state index in [1.165, 1.54) is 5.57 Å². The Morgan fingerprint density at radius 2 is 1.68 bits per heavy atom. The van der Waals surface area contributed by atoms with E-state index >= 15 is 0 Å². The predicted octanol–water partition coefficient (Wildman–Crippen LogP) is 4.57. The molecule has 0 aromatic heterocycles. The number of carbonyl (C=O) groups is 1. The molecule has 1 N–H and O–H groups in total. The van der Waals surface area contributed by atoms with E-state index in [2.05, 4.69) is 60.4 Å². The van der Waals surface area contributed by atoms with Gasteiger partial charge in [0, 0.05) is 18.4 Å². The van der Waals surface area contributed by atoms with Crippen LogP contribution in [0.2, 0.25) is 0 Å². The number of rotatable bonds is 11. The molecule has 0 aromatic rings. The Balaban J connectivity index is 4.04. The first-order chi connectivity index (χ1) is 9.93. The highest BCUT2D eigenvalue weighted by atomic mass is 16.5. The molecule has 0 saturated carbocycles. The van der Waals surface area contributed by atoms with E-state index in [9.17, 15) is 4.79 Å². The zero-order chi connectivity index (χ0) is 17.4. The lowest BCUT2D eigenvalue weighted by Crippen LogP contribution is -2.37. The van der Waals surface area contributed by atoms with Gasteiger partial charge in [-0.1, -0.05) is 47.1 Å². The second-order valence-corrected chi connectivity index (χ2v) is 8.66. The summed E-state index contributed by atoms with van der Waals surface area (Å²) in [4.78, 5) is 11.8. The van der Waals surface area contributed by atoms with Crippen LogP contribution in [-0.4, -0.2) is 25.7 Å². The van der Waals surface area contributed by atoms with Gasteiger partial charge in [-0.15, -0.1) is 6.58 Å². The van der Waals surface area contributed by atoms with Crippen LogP contribution in [0.15, 0.2) is 12.2 Å². The summed E-state index contributed by atoms with van der Waals surface area (Å²) in [6.45, 7) is 21.0. The second kappa shape index (κ2) is 9.34. The van der Waals surface area contributed by atoms with Gasteiger partial charge < -0.3 is 10.1 Å². The number of ether oxygens (including phenoxy) is 1. The summed E-state index contributed by atoms with van der Waals surface area (Å²) < 4.78 is 5.90. The standard InChI is InChI=1S/C19H37NO2/c1-15(2)9-10-17(21)20-12-19(7,8)14-22-13-18(5,6)11-16(3)4/h15H,3,9-14H2,1-2,4-8H3,(H,20,21). The topological polar surface area (TPSA) is 38.3 Å². The van der Waals surface area contributed by atoms with E-state index in [4.69, 9.17) is 4.74 Å². The van der Waals surface area contributed by atoms with Gasteiger partial charge in [-0.2, -0.15) is 0 Å². The summed E-state index contributed by atoms with van der Waals surface area (Å²) in [5.74, 6) is 0.710. The second-order valence-electron chi connectivity index (χ2n) is 8.66. The highest BCUT2D eigenvalue weighted by Gasteiger charge is 2.23. The van der Waals surface area contributed by atoms with Gasteiger partial charge in [0.25, 0.3) is 0 Å². The van der Waals surface area contributed by atoms with Gasteiger partial charge in [0.2, 0.25) is 5.91 Å². The molecule has 0 spiro atoms. The molecule has 130 valence electrons. The molecule has 0 unspecified atom stereocenters. The summed E-state index contributed by atoms with van der Waals surface area (Å²) in [6, 6.07) is 0. The third-order valence-corrected chi connectivity index (χ3v) is 3.48. The molecule has 0 radical (unpaired) electrons. The first-order valence-electron chi connectivity index (χ1n) is 8.42. The molecule has 0 atom stereocenters. The highest BCUT2D eigenvalue weighted by molar-refractivity contribution is 5.75. The molecular formula is C19H37NO2. The molecule has 22 heavy (non-hydrogen) atoms. The minimum absolute atomic E-state index is 0.0488. The van der Waals surface area contributed by atoms with E-state index in [-0.39, 0.29) is 16.7 Å². The monoisotopic (exact) mass is 311 g/mol. The Morgan fingerprint density at radius 1 is 1.14 bits per heavy atom. The van der Waals surface area contributed by atoms with Crippen molar-refractivity contribution in [2.75, 3.05) is 19.8 Å². The van der Waals surface area contributed by atoms with Crippen molar-refractivity contribution in [1.29, 1.82) is 0 Å². The quantitative estimate of drug-likeness (QED) is 0.567. The van der Waals surface area contributed by atoms with Crippen LogP contribution in [0.5, 0.6) is 0 Å². The van der Waals surface area contributed by atoms with Gasteiger partial charge in [-0.3, -0.25) is 4.79 Å². The molecule has 0 aromatic carbocycles. The van der Waals surface area contributed by atoms with Crippen molar-refractivity contribution >= 4 is 5.91 Å². The summed E-state index contributed by atoms with van der Waals surface area (Å²) in [7, 11) is 0. The Morgan fingerprint density at radius 3 is 2.18 bits per heavy atom. The molecule has 0 fully saturated rings. The molecule has 0 bridgehead atoms. The molecule has 3 nitrogen and oxygen atoms in total. The minimum Gasteiger partial charge on any atom is -0.380 e. The highest BCUT2D eigenvalue weighted by Crippen LogP contribution is 2.25. The number of allylic oxidation sites excluding steroid dienone is 1. The van der Waals surface area contributed by atoms with Crippen molar-refractivity contribution in [3.8, 4) is 0 Å². The summed E-state index contributed by atoms with van der Waals surface area (Å²) >= 11 is 0. The van der Waals surface area contributed by atoms with Crippen LogP contribution in [0.25, 0.3) is 0 Å². The van der Waals surface area contributed by atoms with E-state index in [1.807, 2.05) is 0 Å². The van der Waals surface area contributed by atoms with E-state index in [0.717, 1.165) is 12.8 Å². The maximum absolute atomic E-state index is 11.8.